The van der Waals surface area contributed by atoms with Crippen LogP contribution in [0.3, 0.4) is 0 Å². The van der Waals surface area contributed by atoms with Crippen LogP contribution in [0.25, 0.3) is 0 Å². The fourth-order valence-corrected chi connectivity index (χ4v) is 2.19. The maximum absolute atomic E-state index is 9.94. The second-order valence-corrected chi connectivity index (χ2v) is 4.98. The average Bonchev–Trinajstić information content (AvgIpc) is 2.41. The summed E-state index contributed by atoms with van der Waals surface area (Å²) in [5.41, 5.74) is 4.60. The Hall–Kier alpha value is -1.96. The third-order valence-electron chi connectivity index (χ3n) is 3.38. The van der Waals surface area contributed by atoms with E-state index in [9.17, 15) is 5.11 Å². The summed E-state index contributed by atoms with van der Waals surface area (Å²) >= 11 is 0. The van der Waals surface area contributed by atoms with Crippen LogP contribution in [0.15, 0.2) is 42.5 Å². The van der Waals surface area contributed by atoms with Gasteiger partial charge in [-0.05, 0) is 39.0 Å². The standard InChI is InChI=1S/C17H21NO/c1-4-18(16-8-5-13(2)6-9-16)12-15-11-14(3)7-10-17(15)19/h5-11,19H,4,12H2,1-3H3. The predicted molar refractivity (Wildman–Crippen MR) is 80.7 cm³/mol. The highest BCUT2D eigenvalue weighted by Crippen LogP contribution is 2.23. The highest BCUT2D eigenvalue weighted by Gasteiger charge is 2.08. The first-order chi connectivity index (χ1) is 9.10. The molecular formula is C17H21NO. The zero-order valence-electron chi connectivity index (χ0n) is 11.9. The van der Waals surface area contributed by atoms with E-state index in [4.69, 9.17) is 0 Å². The minimum Gasteiger partial charge on any atom is -0.508 e. The number of phenolic OH excluding ortho intramolecular Hbond substituents is 1. The zero-order valence-corrected chi connectivity index (χ0v) is 11.9. The maximum atomic E-state index is 9.94. The van der Waals surface area contributed by atoms with Gasteiger partial charge in [0.15, 0.2) is 0 Å². The van der Waals surface area contributed by atoms with Crippen molar-refractivity contribution in [1.29, 1.82) is 0 Å². The van der Waals surface area contributed by atoms with Gasteiger partial charge in [0.05, 0.1) is 0 Å². The summed E-state index contributed by atoms with van der Waals surface area (Å²) < 4.78 is 0. The Morgan fingerprint density at radius 1 is 0.947 bits per heavy atom. The van der Waals surface area contributed by atoms with E-state index in [1.54, 1.807) is 6.07 Å². The Kier molecular flexibility index (Phi) is 4.10. The zero-order chi connectivity index (χ0) is 13.8. The molecule has 0 radical (unpaired) electrons. The van der Waals surface area contributed by atoms with Gasteiger partial charge in [0, 0.05) is 24.3 Å². The topological polar surface area (TPSA) is 23.5 Å². The molecule has 2 nitrogen and oxygen atoms in total. The predicted octanol–water partition coefficient (Wildman–Crippen LogP) is 4.04. The second kappa shape index (κ2) is 5.79. The monoisotopic (exact) mass is 255 g/mol. The van der Waals surface area contributed by atoms with Crippen LogP contribution in [0.1, 0.15) is 23.6 Å². The SMILES string of the molecule is CCN(Cc1cc(C)ccc1O)c1ccc(C)cc1. The van der Waals surface area contributed by atoms with Crippen molar-refractivity contribution in [3.8, 4) is 5.75 Å². The van der Waals surface area contributed by atoms with E-state index in [2.05, 4.69) is 43.0 Å². The number of aryl methyl sites for hydroxylation is 2. The third-order valence-corrected chi connectivity index (χ3v) is 3.38. The number of anilines is 1. The molecule has 0 bridgehead atoms. The molecule has 2 aromatic rings. The normalized spacial score (nSPS) is 10.5. The van der Waals surface area contributed by atoms with Crippen LogP contribution in [0.4, 0.5) is 5.69 Å². The van der Waals surface area contributed by atoms with Crippen molar-refractivity contribution in [3.63, 3.8) is 0 Å². The van der Waals surface area contributed by atoms with Crippen molar-refractivity contribution in [2.45, 2.75) is 27.3 Å². The number of aromatic hydroxyl groups is 1. The molecule has 0 amide bonds. The lowest BCUT2D eigenvalue weighted by Crippen LogP contribution is -2.22. The Balaban J connectivity index is 2.23. The lowest BCUT2D eigenvalue weighted by atomic mass is 10.1. The van der Waals surface area contributed by atoms with E-state index >= 15 is 0 Å². The molecule has 0 heterocycles. The smallest absolute Gasteiger partial charge is 0.120 e. The minimum absolute atomic E-state index is 0.371. The van der Waals surface area contributed by atoms with Gasteiger partial charge >= 0.3 is 0 Å². The first kappa shape index (κ1) is 13.5. The molecule has 0 fully saturated rings. The van der Waals surface area contributed by atoms with Gasteiger partial charge in [0.25, 0.3) is 0 Å². The molecule has 0 aromatic heterocycles. The lowest BCUT2D eigenvalue weighted by molar-refractivity contribution is 0.467. The summed E-state index contributed by atoms with van der Waals surface area (Å²) in [5, 5.41) is 9.94. The molecule has 1 N–H and O–H groups in total. The van der Waals surface area contributed by atoms with Gasteiger partial charge in [-0.2, -0.15) is 0 Å². The highest BCUT2D eigenvalue weighted by molar-refractivity contribution is 5.49. The third kappa shape index (κ3) is 3.28. The van der Waals surface area contributed by atoms with Crippen molar-refractivity contribution in [1.82, 2.24) is 0 Å². The van der Waals surface area contributed by atoms with Crippen LogP contribution in [-0.2, 0) is 6.54 Å². The molecule has 0 unspecified atom stereocenters. The Bertz CT molecular complexity index is 546. The molecule has 2 rings (SSSR count). The number of hydrogen-bond acceptors (Lipinski definition) is 2. The van der Waals surface area contributed by atoms with Gasteiger partial charge in [0.1, 0.15) is 5.75 Å². The van der Waals surface area contributed by atoms with Crippen LogP contribution < -0.4 is 4.90 Å². The van der Waals surface area contributed by atoms with E-state index < -0.39 is 0 Å². The molecule has 0 aliphatic carbocycles. The molecule has 0 spiro atoms. The van der Waals surface area contributed by atoms with Crippen LogP contribution in [0, 0.1) is 13.8 Å². The molecule has 0 atom stereocenters. The summed E-state index contributed by atoms with van der Waals surface area (Å²) in [6.07, 6.45) is 0. The summed E-state index contributed by atoms with van der Waals surface area (Å²) in [6, 6.07) is 14.3. The number of benzene rings is 2. The summed E-state index contributed by atoms with van der Waals surface area (Å²) in [7, 11) is 0. The molecule has 2 heteroatoms. The Morgan fingerprint density at radius 3 is 2.21 bits per heavy atom. The minimum atomic E-state index is 0.371. The van der Waals surface area contributed by atoms with Crippen molar-refractivity contribution in [2.24, 2.45) is 0 Å². The van der Waals surface area contributed by atoms with Crippen LogP contribution >= 0.6 is 0 Å². The Labute approximate surface area is 115 Å². The van der Waals surface area contributed by atoms with Gasteiger partial charge in [-0.25, -0.2) is 0 Å². The molecular weight excluding hydrogens is 234 g/mol. The van der Waals surface area contributed by atoms with E-state index in [1.807, 2.05) is 19.1 Å². The van der Waals surface area contributed by atoms with Crippen molar-refractivity contribution in [2.75, 3.05) is 11.4 Å². The van der Waals surface area contributed by atoms with Crippen LogP contribution in [-0.4, -0.2) is 11.7 Å². The fourth-order valence-electron chi connectivity index (χ4n) is 2.19. The molecule has 100 valence electrons. The second-order valence-electron chi connectivity index (χ2n) is 4.98. The quantitative estimate of drug-likeness (QED) is 0.891. The number of phenols is 1. The van der Waals surface area contributed by atoms with Crippen LogP contribution in [0.2, 0.25) is 0 Å². The molecule has 0 saturated carbocycles. The van der Waals surface area contributed by atoms with Crippen molar-refractivity contribution < 1.29 is 5.11 Å². The highest BCUT2D eigenvalue weighted by atomic mass is 16.3. The van der Waals surface area contributed by atoms with E-state index in [0.29, 0.717) is 5.75 Å². The average molecular weight is 255 g/mol. The number of rotatable bonds is 4. The van der Waals surface area contributed by atoms with Gasteiger partial charge in [0.2, 0.25) is 0 Å². The first-order valence-corrected chi connectivity index (χ1v) is 6.70. The Morgan fingerprint density at radius 2 is 1.58 bits per heavy atom. The van der Waals surface area contributed by atoms with Gasteiger partial charge in [-0.15, -0.1) is 0 Å². The molecule has 2 aromatic carbocycles. The van der Waals surface area contributed by atoms with E-state index in [-0.39, 0.29) is 0 Å². The van der Waals surface area contributed by atoms with Crippen molar-refractivity contribution in [3.05, 3.63) is 59.2 Å². The summed E-state index contributed by atoms with van der Waals surface area (Å²) in [5.74, 6) is 0.371. The molecule has 0 aliphatic heterocycles. The fraction of sp³-hybridized carbons (Fsp3) is 0.294. The van der Waals surface area contributed by atoms with E-state index in [1.165, 1.54) is 16.8 Å². The van der Waals surface area contributed by atoms with Gasteiger partial charge < -0.3 is 10.0 Å². The molecule has 19 heavy (non-hydrogen) atoms. The van der Waals surface area contributed by atoms with Crippen molar-refractivity contribution >= 4 is 5.69 Å². The largest absolute Gasteiger partial charge is 0.508 e. The van der Waals surface area contributed by atoms with E-state index in [0.717, 1.165) is 18.7 Å². The number of nitrogens with zero attached hydrogens (tertiary/aromatic N) is 1. The number of hydrogen-bond donors (Lipinski definition) is 1. The molecule has 0 aliphatic rings. The van der Waals surface area contributed by atoms with Gasteiger partial charge in [-0.3, -0.25) is 0 Å². The summed E-state index contributed by atoms with van der Waals surface area (Å²) in [6.45, 7) is 7.91. The maximum Gasteiger partial charge on any atom is 0.120 e. The van der Waals surface area contributed by atoms with Crippen LogP contribution in [0.5, 0.6) is 5.75 Å². The first-order valence-electron chi connectivity index (χ1n) is 6.70. The molecule has 0 saturated heterocycles. The lowest BCUT2D eigenvalue weighted by Gasteiger charge is -2.24. The van der Waals surface area contributed by atoms with Gasteiger partial charge in [-0.1, -0.05) is 35.4 Å². The summed E-state index contributed by atoms with van der Waals surface area (Å²) in [4.78, 5) is 2.26.